The first-order valence-electron chi connectivity index (χ1n) is 4.01. The predicted molar refractivity (Wildman–Crippen MR) is 66.6 cm³/mol. The van der Waals surface area contributed by atoms with Gasteiger partial charge in [0.1, 0.15) is 4.90 Å². The highest BCUT2D eigenvalue weighted by atomic mass is 35.5. The van der Waals surface area contributed by atoms with Crippen molar-refractivity contribution >= 4 is 44.8 Å². The molecule has 2 aromatic rings. The number of hydrogen-bond acceptors (Lipinski definition) is 3. The van der Waals surface area contributed by atoms with E-state index in [1.165, 1.54) is 17.6 Å². The number of hydrogen-bond donors (Lipinski definition) is 0. The third-order valence-electron chi connectivity index (χ3n) is 2.08. The molecule has 0 amide bonds. The molecule has 0 aliphatic rings. The number of aromatic nitrogens is 1. The Hall–Kier alpha value is -0.650. The van der Waals surface area contributed by atoms with Gasteiger partial charge in [-0.25, -0.2) is 0 Å². The largest absolute Gasteiger partial charge is 0.348 e. The van der Waals surface area contributed by atoms with Gasteiger partial charge in [0, 0.05) is 19.5 Å². The molecule has 0 bridgehead atoms. The molecule has 0 aromatic carbocycles. The molecule has 2 heterocycles. The maximum atomic E-state index is 11.8. The van der Waals surface area contributed by atoms with Crippen molar-refractivity contribution in [2.24, 2.45) is 7.05 Å². The Bertz CT molecular complexity index is 573. The zero-order chi connectivity index (χ0) is 10.3. The van der Waals surface area contributed by atoms with Crippen LogP contribution in [0.5, 0.6) is 0 Å². The summed E-state index contributed by atoms with van der Waals surface area (Å²) in [4.78, 5) is 12.2. The van der Waals surface area contributed by atoms with Gasteiger partial charge in [0.2, 0.25) is 5.43 Å². The predicted octanol–water partition coefficient (Wildman–Crippen LogP) is 1.76. The quantitative estimate of drug-likeness (QED) is 0.787. The van der Waals surface area contributed by atoms with Gasteiger partial charge >= 0.3 is 0 Å². The van der Waals surface area contributed by atoms with Crippen LogP contribution in [-0.4, -0.2) is 15.0 Å². The van der Waals surface area contributed by atoms with Crippen molar-refractivity contribution in [3.05, 3.63) is 27.9 Å². The van der Waals surface area contributed by atoms with Gasteiger partial charge in [-0.05, 0) is 11.4 Å². The van der Waals surface area contributed by atoms with Crippen LogP contribution < -0.4 is 5.43 Å². The second-order valence-electron chi connectivity index (χ2n) is 3.02. The van der Waals surface area contributed by atoms with Crippen LogP contribution >= 0.6 is 23.7 Å². The van der Waals surface area contributed by atoms with Crippen molar-refractivity contribution in [3.63, 3.8) is 0 Å². The van der Waals surface area contributed by atoms with Gasteiger partial charge in [0.05, 0.1) is 21.0 Å². The summed E-state index contributed by atoms with van der Waals surface area (Å²) in [6.45, 7) is 0. The van der Waals surface area contributed by atoms with Crippen LogP contribution in [0.3, 0.4) is 0 Å². The average molecular weight is 264 g/mol. The zero-order valence-electron chi connectivity index (χ0n) is 8.22. The fraction of sp³-hybridized carbons (Fsp3) is 0.222. The van der Waals surface area contributed by atoms with E-state index >= 15 is 0 Å². The van der Waals surface area contributed by atoms with Gasteiger partial charge < -0.3 is 4.57 Å². The van der Waals surface area contributed by atoms with Crippen LogP contribution in [-0.2, 0) is 17.8 Å². The van der Waals surface area contributed by atoms with Crippen LogP contribution in [0.2, 0.25) is 0 Å². The van der Waals surface area contributed by atoms with Crippen LogP contribution in [0, 0.1) is 0 Å². The Kier molecular flexibility index (Phi) is 3.70. The third-order valence-corrected chi connectivity index (χ3v) is 3.89. The second kappa shape index (κ2) is 4.47. The fourth-order valence-corrected chi connectivity index (χ4v) is 2.99. The molecule has 1 unspecified atom stereocenters. The molecular weight excluding hydrogens is 254 g/mol. The summed E-state index contributed by atoms with van der Waals surface area (Å²) in [7, 11) is 0.634. The third kappa shape index (κ3) is 2.00. The smallest absolute Gasteiger partial charge is 0.215 e. The summed E-state index contributed by atoms with van der Waals surface area (Å²) in [5.74, 6) is 0. The van der Waals surface area contributed by atoms with E-state index in [1.807, 2.05) is 23.1 Å². The van der Waals surface area contributed by atoms with E-state index < -0.39 is 10.8 Å². The number of rotatable bonds is 1. The SMILES string of the molecule is Cl.Cn1cc(S(C)=O)c(=O)c2sccc21. The minimum atomic E-state index is -1.22. The van der Waals surface area contributed by atoms with Crippen LogP contribution in [0.25, 0.3) is 10.2 Å². The van der Waals surface area contributed by atoms with Crippen molar-refractivity contribution < 1.29 is 4.21 Å². The lowest BCUT2D eigenvalue weighted by Crippen LogP contribution is -2.12. The lowest BCUT2D eigenvalue weighted by molar-refractivity contribution is 0.685. The van der Waals surface area contributed by atoms with Crippen molar-refractivity contribution in [2.75, 3.05) is 6.26 Å². The summed E-state index contributed by atoms with van der Waals surface area (Å²) in [6, 6.07) is 1.89. The number of pyridine rings is 1. The van der Waals surface area contributed by atoms with Crippen molar-refractivity contribution in [1.82, 2.24) is 4.57 Å². The minimum absolute atomic E-state index is 0. The molecule has 2 aromatic heterocycles. The van der Waals surface area contributed by atoms with E-state index in [4.69, 9.17) is 0 Å². The maximum Gasteiger partial charge on any atom is 0.215 e. The molecule has 0 spiro atoms. The Morgan fingerprint density at radius 2 is 2.13 bits per heavy atom. The second-order valence-corrected chi connectivity index (χ2v) is 5.29. The average Bonchev–Trinajstić information content (AvgIpc) is 2.59. The molecule has 0 aliphatic carbocycles. The normalized spacial score (nSPS) is 12.4. The maximum absolute atomic E-state index is 11.8. The van der Waals surface area contributed by atoms with Crippen molar-refractivity contribution in [2.45, 2.75) is 4.90 Å². The number of thiophene rings is 1. The molecule has 3 nitrogen and oxygen atoms in total. The van der Waals surface area contributed by atoms with E-state index in [0.29, 0.717) is 9.60 Å². The monoisotopic (exact) mass is 263 g/mol. The molecule has 0 N–H and O–H groups in total. The molecule has 0 fully saturated rings. The van der Waals surface area contributed by atoms with E-state index in [-0.39, 0.29) is 17.8 Å². The van der Waals surface area contributed by atoms with Gasteiger partial charge in [0.25, 0.3) is 0 Å². The van der Waals surface area contributed by atoms with Gasteiger partial charge in [-0.1, -0.05) is 0 Å². The van der Waals surface area contributed by atoms with Crippen LogP contribution in [0.15, 0.2) is 27.3 Å². The van der Waals surface area contributed by atoms with Crippen LogP contribution in [0.4, 0.5) is 0 Å². The lowest BCUT2D eigenvalue weighted by atomic mass is 10.4. The minimum Gasteiger partial charge on any atom is -0.348 e. The molecule has 2 rings (SSSR count). The Labute approximate surface area is 99.6 Å². The van der Waals surface area contributed by atoms with E-state index in [2.05, 4.69) is 0 Å². The summed E-state index contributed by atoms with van der Waals surface area (Å²) in [5.41, 5.74) is 0.795. The molecule has 1 atom stereocenters. The number of aryl methyl sites for hydroxylation is 1. The Morgan fingerprint density at radius 1 is 1.47 bits per heavy atom. The summed E-state index contributed by atoms with van der Waals surface area (Å²) in [5, 5.41) is 1.87. The molecule has 82 valence electrons. The lowest BCUT2D eigenvalue weighted by Gasteiger charge is -2.02. The molecular formula is C9H10ClNO2S2. The van der Waals surface area contributed by atoms with E-state index in [1.54, 1.807) is 6.20 Å². The molecule has 15 heavy (non-hydrogen) atoms. The molecule has 0 saturated heterocycles. The molecule has 0 aliphatic heterocycles. The highest BCUT2D eigenvalue weighted by Crippen LogP contribution is 2.17. The number of fused-ring (bicyclic) bond motifs is 1. The highest BCUT2D eigenvalue weighted by molar-refractivity contribution is 7.84. The van der Waals surface area contributed by atoms with E-state index in [9.17, 15) is 9.00 Å². The number of halogens is 1. The Morgan fingerprint density at radius 3 is 2.73 bits per heavy atom. The zero-order valence-corrected chi connectivity index (χ0v) is 10.7. The van der Waals surface area contributed by atoms with Crippen molar-refractivity contribution in [3.8, 4) is 0 Å². The standard InChI is InChI=1S/C9H9NO2S2.ClH/c1-10-5-7(14(2)12)8(11)9-6(10)3-4-13-9;/h3-5H,1-2H3;1H. The van der Waals surface area contributed by atoms with Gasteiger partial charge in [-0.2, -0.15) is 0 Å². The molecule has 0 radical (unpaired) electrons. The first-order valence-corrected chi connectivity index (χ1v) is 6.45. The van der Waals surface area contributed by atoms with Crippen molar-refractivity contribution in [1.29, 1.82) is 0 Å². The fourth-order valence-electron chi connectivity index (χ4n) is 1.37. The van der Waals surface area contributed by atoms with Crippen LogP contribution in [0.1, 0.15) is 0 Å². The van der Waals surface area contributed by atoms with Gasteiger partial charge in [0.15, 0.2) is 0 Å². The molecule has 6 heteroatoms. The first-order chi connectivity index (χ1) is 6.61. The highest BCUT2D eigenvalue weighted by Gasteiger charge is 2.10. The Balaban J connectivity index is 0.00000112. The summed E-state index contributed by atoms with van der Waals surface area (Å²) in [6.07, 6.45) is 3.17. The van der Waals surface area contributed by atoms with E-state index in [0.717, 1.165) is 5.52 Å². The summed E-state index contributed by atoms with van der Waals surface area (Å²) < 4.78 is 13.8. The topological polar surface area (TPSA) is 39.1 Å². The van der Waals surface area contributed by atoms with Gasteiger partial charge in [-0.3, -0.25) is 9.00 Å². The first kappa shape index (κ1) is 12.4. The van der Waals surface area contributed by atoms with Gasteiger partial charge in [-0.15, -0.1) is 23.7 Å². The molecule has 0 saturated carbocycles. The summed E-state index contributed by atoms with van der Waals surface area (Å²) >= 11 is 1.39. The number of nitrogens with zero attached hydrogens (tertiary/aromatic N) is 1.